The number of aliphatic imine (C=N–C) groups is 1. The maximum absolute atomic E-state index is 5.14. The summed E-state index contributed by atoms with van der Waals surface area (Å²) in [7, 11) is 3.49. The van der Waals surface area contributed by atoms with Gasteiger partial charge in [0.15, 0.2) is 5.96 Å². The van der Waals surface area contributed by atoms with Crippen molar-refractivity contribution in [3.05, 3.63) is 52.3 Å². The standard InChI is InChI=1S/C19H29N5O/c1-14-8-6-7-9-17(14)12-21-19(20-4)22-13-18-15(2)23-24(16(18)3)10-11-25-5/h6-9H,10-13H2,1-5H3,(H2,20,21,22). The molecule has 0 atom stereocenters. The van der Waals surface area contributed by atoms with Crippen molar-refractivity contribution >= 4 is 5.96 Å². The van der Waals surface area contributed by atoms with E-state index in [1.165, 1.54) is 16.7 Å². The highest BCUT2D eigenvalue weighted by molar-refractivity contribution is 5.79. The molecule has 1 aromatic carbocycles. The summed E-state index contributed by atoms with van der Waals surface area (Å²) >= 11 is 0. The summed E-state index contributed by atoms with van der Waals surface area (Å²) in [6.07, 6.45) is 0. The molecule has 0 fully saturated rings. The predicted octanol–water partition coefficient (Wildman–Crippen LogP) is 2.32. The number of guanidine groups is 1. The van der Waals surface area contributed by atoms with Gasteiger partial charge in [0.25, 0.3) is 0 Å². The SMILES string of the molecule is CN=C(NCc1ccccc1C)NCc1c(C)nn(CCOC)c1C. The zero-order valence-electron chi connectivity index (χ0n) is 15.9. The second-order valence-corrected chi connectivity index (χ2v) is 6.07. The zero-order chi connectivity index (χ0) is 18.2. The average molecular weight is 343 g/mol. The highest BCUT2D eigenvalue weighted by Crippen LogP contribution is 2.12. The molecule has 0 unspecified atom stereocenters. The Morgan fingerprint density at radius 1 is 1.16 bits per heavy atom. The fourth-order valence-corrected chi connectivity index (χ4v) is 2.77. The van der Waals surface area contributed by atoms with Crippen LogP contribution in [0, 0.1) is 20.8 Å². The molecule has 6 heteroatoms. The van der Waals surface area contributed by atoms with Gasteiger partial charge in [-0.2, -0.15) is 5.10 Å². The smallest absolute Gasteiger partial charge is 0.191 e. The first-order valence-electron chi connectivity index (χ1n) is 8.57. The van der Waals surface area contributed by atoms with Crippen molar-refractivity contribution in [1.29, 1.82) is 0 Å². The number of rotatable bonds is 7. The second-order valence-electron chi connectivity index (χ2n) is 6.07. The third kappa shape index (κ3) is 5.06. The normalized spacial score (nSPS) is 11.6. The molecule has 0 saturated heterocycles. The first-order chi connectivity index (χ1) is 12.1. The minimum atomic E-state index is 0.661. The zero-order valence-corrected chi connectivity index (χ0v) is 15.9. The van der Waals surface area contributed by atoms with E-state index in [-0.39, 0.29) is 0 Å². The van der Waals surface area contributed by atoms with Crippen LogP contribution in [0.1, 0.15) is 28.1 Å². The van der Waals surface area contributed by atoms with Gasteiger partial charge in [0.05, 0.1) is 18.8 Å². The lowest BCUT2D eigenvalue weighted by Crippen LogP contribution is -2.36. The molecule has 6 nitrogen and oxygen atoms in total. The van der Waals surface area contributed by atoms with Crippen molar-refractivity contribution in [2.75, 3.05) is 20.8 Å². The van der Waals surface area contributed by atoms with Crippen LogP contribution >= 0.6 is 0 Å². The van der Waals surface area contributed by atoms with E-state index in [4.69, 9.17) is 4.74 Å². The third-order valence-corrected chi connectivity index (χ3v) is 4.40. The molecular weight excluding hydrogens is 314 g/mol. The van der Waals surface area contributed by atoms with Crippen LogP contribution in [0.2, 0.25) is 0 Å². The summed E-state index contributed by atoms with van der Waals surface area (Å²) in [6.45, 7) is 9.12. The third-order valence-electron chi connectivity index (χ3n) is 4.40. The summed E-state index contributed by atoms with van der Waals surface area (Å²) in [4.78, 5) is 4.31. The lowest BCUT2D eigenvalue weighted by Gasteiger charge is -2.13. The Morgan fingerprint density at radius 2 is 1.88 bits per heavy atom. The number of aromatic nitrogens is 2. The summed E-state index contributed by atoms with van der Waals surface area (Å²) in [5, 5.41) is 11.3. The van der Waals surface area contributed by atoms with Gasteiger partial charge in [0.2, 0.25) is 0 Å². The molecule has 0 bridgehead atoms. The minimum absolute atomic E-state index is 0.661. The van der Waals surface area contributed by atoms with Gasteiger partial charge in [-0.25, -0.2) is 0 Å². The first-order valence-corrected chi connectivity index (χ1v) is 8.57. The van der Waals surface area contributed by atoms with Crippen LogP contribution in [-0.2, 0) is 24.4 Å². The molecule has 136 valence electrons. The summed E-state index contributed by atoms with van der Waals surface area (Å²) in [5.41, 5.74) is 5.95. The lowest BCUT2D eigenvalue weighted by atomic mass is 10.1. The van der Waals surface area contributed by atoms with Gasteiger partial charge < -0.3 is 15.4 Å². The highest BCUT2D eigenvalue weighted by atomic mass is 16.5. The van der Waals surface area contributed by atoms with Gasteiger partial charge in [-0.3, -0.25) is 9.67 Å². The summed E-state index contributed by atoms with van der Waals surface area (Å²) in [5.74, 6) is 0.784. The Kier molecular flexibility index (Phi) is 7.01. The molecule has 1 aromatic heterocycles. The van der Waals surface area contributed by atoms with E-state index < -0.39 is 0 Å². The monoisotopic (exact) mass is 343 g/mol. The van der Waals surface area contributed by atoms with Gasteiger partial charge in [0.1, 0.15) is 0 Å². The van der Waals surface area contributed by atoms with Crippen LogP contribution < -0.4 is 10.6 Å². The van der Waals surface area contributed by atoms with E-state index in [9.17, 15) is 0 Å². The molecule has 0 radical (unpaired) electrons. The van der Waals surface area contributed by atoms with E-state index in [1.54, 1.807) is 14.2 Å². The van der Waals surface area contributed by atoms with E-state index in [1.807, 2.05) is 11.6 Å². The van der Waals surface area contributed by atoms with Crippen LogP contribution in [0.3, 0.4) is 0 Å². The molecule has 25 heavy (non-hydrogen) atoms. The van der Waals surface area contributed by atoms with E-state index >= 15 is 0 Å². The molecule has 0 aliphatic carbocycles. The first kappa shape index (κ1) is 19.0. The average Bonchev–Trinajstić information content (AvgIpc) is 2.88. The maximum Gasteiger partial charge on any atom is 0.191 e. The topological polar surface area (TPSA) is 63.5 Å². The molecule has 0 amide bonds. The molecule has 1 heterocycles. The fourth-order valence-electron chi connectivity index (χ4n) is 2.77. The second kappa shape index (κ2) is 9.22. The largest absolute Gasteiger partial charge is 0.383 e. The van der Waals surface area contributed by atoms with Crippen LogP contribution in [0.25, 0.3) is 0 Å². The Balaban J connectivity index is 1.95. The fraction of sp³-hybridized carbons (Fsp3) is 0.474. The van der Waals surface area contributed by atoms with Gasteiger partial charge in [0, 0.05) is 38.5 Å². The number of nitrogens with zero attached hydrogens (tertiary/aromatic N) is 3. The minimum Gasteiger partial charge on any atom is -0.383 e. The Bertz CT molecular complexity index is 721. The Morgan fingerprint density at radius 3 is 2.56 bits per heavy atom. The predicted molar refractivity (Wildman–Crippen MR) is 102 cm³/mol. The maximum atomic E-state index is 5.14. The summed E-state index contributed by atoms with van der Waals surface area (Å²) < 4.78 is 7.14. The molecule has 2 rings (SSSR count). The number of methoxy groups -OCH3 is 1. The van der Waals surface area contributed by atoms with Crippen molar-refractivity contribution < 1.29 is 4.74 Å². The molecular formula is C19H29N5O. The summed E-state index contributed by atoms with van der Waals surface area (Å²) in [6, 6.07) is 8.36. The quantitative estimate of drug-likeness (QED) is 0.598. The van der Waals surface area contributed by atoms with E-state index in [0.29, 0.717) is 13.2 Å². The number of ether oxygens (including phenoxy) is 1. The molecule has 2 aromatic rings. The van der Waals surface area contributed by atoms with E-state index in [0.717, 1.165) is 30.4 Å². The number of aryl methyl sites for hydroxylation is 2. The van der Waals surface area contributed by atoms with Crippen LogP contribution in [0.15, 0.2) is 29.3 Å². The van der Waals surface area contributed by atoms with Crippen molar-refractivity contribution in [3.63, 3.8) is 0 Å². The van der Waals surface area contributed by atoms with Crippen LogP contribution in [-0.4, -0.2) is 36.5 Å². The number of nitrogens with one attached hydrogen (secondary N) is 2. The Labute approximate surface area is 150 Å². The highest BCUT2D eigenvalue weighted by Gasteiger charge is 2.11. The van der Waals surface area contributed by atoms with Gasteiger partial charge in [-0.15, -0.1) is 0 Å². The molecule has 0 aliphatic rings. The van der Waals surface area contributed by atoms with Crippen LogP contribution in [0.5, 0.6) is 0 Å². The number of hydrogen-bond donors (Lipinski definition) is 2. The van der Waals surface area contributed by atoms with Crippen LogP contribution in [0.4, 0.5) is 0 Å². The van der Waals surface area contributed by atoms with Crippen molar-refractivity contribution in [2.24, 2.45) is 4.99 Å². The molecule has 0 saturated carbocycles. The molecule has 2 N–H and O–H groups in total. The van der Waals surface area contributed by atoms with E-state index in [2.05, 4.69) is 58.8 Å². The van der Waals surface area contributed by atoms with Gasteiger partial charge >= 0.3 is 0 Å². The van der Waals surface area contributed by atoms with Gasteiger partial charge in [-0.1, -0.05) is 24.3 Å². The van der Waals surface area contributed by atoms with Gasteiger partial charge in [-0.05, 0) is 31.9 Å². The number of benzene rings is 1. The lowest BCUT2D eigenvalue weighted by molar-refractivity contribution is 0.182. The van der Waals surface area contributed by atoms with Crippen molar-refractivity contribution in [3.8, 4) is 0 Å². The van der Waals surface area contributed by atoms with Crippen molar-refractivity contribution in [1.82, 2.24) is 20.4 Å². The molecule has 0 aliphatic heterocycles. The Hall–Kier alpha value is -2.34. The molecule has 0 spiro atoms. The number of hydrogen-bond acceptors (Lipinski definition) is 3. The van der Waals surface area contributed by atoms with Crippen molar-refractivity contribution in [2.45, 2.75) is 40.4 Å².